The second kappa shape index (κ2) is 7.42. The molecule has 0 aliphatic carbocycles. The number of anilines is 2. The monoisotopic (exact) mass is 338 g/mol. The van der Waals surface area contributed by atoms with Crippen LogP contribution in [0.15, 0.2) is 30.6 Å². The maximum atomic E-state index is 12.1. The lowest BCUT2D eigenvalue weighted by molar-refractivity contribution is 0.0766. The Morgan fingerprint density at radius 2 is 1.86 bits per heavy atom. The van der Waals surface area contributed by atoms with E-state index >= 15 is 0 Å². The van der Waals surface area contributed by atoms with Crippen molar-refractivity contribution in [1.82, 2.24) is 14.9 Å². The van der Waals surface area contributed by atoms with Crippen molar-refractivity contribution in [2.75, 3.05) is 18.4 Å². The van der Waals surface area contributed by atoms with Gasteiger partial charge in [0.1, 0.15) is 11.5 Å². The molecular formula is C15H16Cl2N4O. The fraction of sp³-hybridized carbons (Fsp3) is 0.267. The molecule has 0 fully saturated rings. The van der Waals surface area contributed by atoms with Crippen LogP contribution in [0.5, 0.6) is 0 Å². The van der Waals surface area contributed by atoms with Crippen LogP contribution in [0.4, 0.5) is 11.5 Å². The predicted octanol–water partition coefficient (Wildman–Crippen LogP) is 4.01. The van der Waals surface area contributed by atoms with Crippen molar-refractivity contribution in [3.8, 4) is 0 Å². The Balaban J connectivity index is 2.11. The zero-order valence-corrected chi connectivity index (χ0v) is 13.8. The summed E-state index contributed by atoms with van der Waals surface area (Å²) >= 11 is 11.8. The van der Waals surface area contributed by atoms with E-state index in [-0.39, 0.29) is 5.91 Å². The summed E-state index contributed by atoms with van der Waals surface area (Å²) in [4.78, 5) is 22.2. The molecule has 0 saturated carbocycles. The number of carbonyl (C=O) groups excluding carboxylic acids is 1. The van der Waals surface area contributed by atoms with Crippen molar-refractivity contribution in [3.05, 3.63) is 46.3 Å². The van der Waals surface area contributed by atoms with E-state index in [0.29, 0.717) is 34.6 Å². The van der Waals surface area contributed by atoms with Gasteiger partial charge in [0.2, 0.25) is 0 Å². The minimum Gasteiger partial charge on any atom is -0.339 e. The van der Waals surface area contributed by atoms with Gasteiger partial charge in [0, 0.05) is 18.8 Å². The molecule has 0 saturated heterocycles. The molecule has 0 aliphatic heterocycles. The highest BCUT2D eigenvalue weighted by Gasteiger charge is 2.14. The van der Waals surface area contributed by atoms with Crippen molar-refractivity contribution in [1.29, 1.82) is 0 Å². The maximum absolute atomic E-state index is 12.1. The number of rotatable bonds is 5. The van der Waals surface area contributed by atoms with Gasteiger partial charge in [-0.15, -0.1) is 0 Å². The molecule has 0 bridgehead atoms. The summed E-state index contributed by atoms with van der Waals surface area (Å²) in [6.45, 7) is 5.13. The first-order valence-electron chi connectivity index (χ1n) is 6.88. The van der Waals surface area contributed by atoms with Crippen molar-refractivity contribution >= 4 is 40.6 Å². The summed E-state index contributed by atoms with van der Waals surface area (Å²) in [6.07, 6.45) is 2.97. The summed E-state index contributed by atoms with van der Waals surface area (Å²) in [5.74, 6) is 0.396. The fourth-order valence-corrected chi connectivity index (χ4v) is 2.20. The molecule has 1 amide bonds. The Morgan fingerprint density at radius 1 is 1.14 bits per heavy atom. The largest absolute Gasteiger partial charge is 0.339 e. The maximum Gasteiger partial charge on any atom is 0.274 e. The van der Waals surface area contributed by atoms with Crippen molar-refractivity contribution in [3.63, 3.8) is 0 Å². The van der Waals surface area contributed by atoms with Gasteiger partial charge < -0.3 is 10.2 Å². The Labute approximate surface area is 139 Å². The van der Waals surface area contributed by atoms with E-state index in [9.17, 15) is 4.79 Å². The van der Waals surface area contributed by atoms with E-state index < -0.39 is 0 Å². The molecular weight excluding hydrogens is 323 g/mol. The summed E-state index contributed by atoms with van der Waals surface area (Å²) in [7, 11) is 0. The van der Waals surface area contributed by atoms with Crippen LogP contribution in [0.2, 0.25) is 10.0 Å². The van der Waals surface area contributed by atoms with Crippen LogP contribution >= 0.6 is 23.2 Å². The van der Waals surface area contributed by atoms with Crippen molar-refractivity contribution in [2.45, 2.75) is 13.8 Å². The molecule has 7 heteroatoms. The third-order valence-corrected chi connectivity index (χ3v) is 3.85. The molecule has 1 aromatic heterocycles. The molecule has 116 valence electrons. The van der Waals surface area contributed by atoms with Gasteiger partial charge in [0.05, 0.1) is 22.4 Å². The van der Waals surface area contributed by atoms with Gasteiger partial charge in [0.15, 0.2) is 0 Å². The van der Waals surface area contributed by atoms with Gasteiger partial charge in [-0.05, 0) is 32.0 Å². The summed E-state index contributed by atoms with van der Waals surface area (Å²) < 4.78 is 0. The minimum absolute atomic E-state index is 0.126. The predicted molar refractivity (Wildman–Crippen MR) is 89.0 cm³/mol. The average molecular weight is 339 g/mol. The van der Waals surface area contributed by atoms with E-state index in [2.05, 4.69) is 15.3 Å². The van der Waals surface area contributed by atoms with E-state index in [1.807, 2.05) is 13.8 Å². The number of aromatic nitrogens is 2. The molecule has 0 atom stereocenters. The lowest BCUT2D eigenvalue weighted by Gasteiger charge is -2.17. The SMILES string of the molecule is CCN(CC)C(=O)c1cnc(Nc2ccc(Cl)c(Cl)c2)cn1. The number of carbonyl (C=O) groups is 1. The summed E-state index contributed by atoms with van der Waals surface area (Å²) in [5, 5.41) is 3.99. The zero-order chi connectivity index (χ0) is 16.1. The Bertz CT molecular complexity index is 657. The number of nitrogens with zero attached hydrogens (tertiary/aromatic N) is 3. The first-order chi connectivity index (χ1) is 10.5. The van der Waals surface area contributed by atoms with Crippen LogP contribution in [-0.2, 0) is 0 Å². The molecule has 0 spiro atoms. The molecule has 2 rings (SSSR count). The van der Waals surface area contributed by atoms with Crippen molar-refractivity contribution in [2.24, 2.45) is 0 Å². The molecule has 22 heavy (non-hydrogen) atoms. The van der Waals surface area contributed by atoms with Gasteiger partial charge in [-0.3, -0.25) is 4.79 Å². The summed E-state index contributed by atoms with van der Waals surface area (Å²) in [5.41, 5.74) is 1.06. The number of hydrogen-bond donors (Lipinski definition) is 1. The zero-order valence-electron chi connectivity index (χ0n) is 12.3. The van der Waals surface area contributed by atoms with Crippen LogP contribution in [0.1, 0.15) is 24.3 Å². The summed E-state index contributed by atoms with van der Waals surface area (Å²) in [6, 6.07) is 5.17. The highest BCUT2D eigenvalue weighted by atomic mass is 35.5. The molecule has 0 aliphatic rings. The first kappa shape index (κ1) is 16.5. The number of nitrogens with one attached hydrogen (secondary N) is 1. The number of benzene rings is 1. The Hall–Kier alpha value is -1.85. The smallest absolute Gasteiger partial charge is 0.274 e. The van der Waals surface area contributed by atoms with Crippen LogP contribution < -0.4 is 5.32 Å². The molecule has 0 radical (unpaired) electrons. The highest BCUT2D eigenvalue weighted by Crippen LogP contribution is 2.26. The average Bonchev–Trinajstić information content (AvgIpc) is 2.53. The molecule has 1 N–H and O–H groups in total. The number of amides is 1. The second-order valence-corrected chi connectivity index (χ2v) is 5.33. The van der Waals surface area contributed by atoms with Crippen LogP contribution in [0, 0.1) is 0 Å². The van der Waals surface area contributed by atoms with E-state index in [0.717, 1.165) is 5.69 Å². The second-order valence-electron chi connectivity index (χ2n) is 4.52. The van der Waals surface area contributed by atoms with Crippen LogP contribution in [0.3, 0.4) is 0 Å². The van der Waals surface area contributed by atoms with Gasteiger partial charge >= 0.3 is 0 Å². The molecule has 0 unspecified atom stereocenters. The Kier molecular flexibility index (Phi) is 5.57. The third kappa shape index (κ3) is 3.87. The third-order valence-electron chi connectivity index (χ3n) is 3.11. The number of hydrogen-bond acceptors (Lipinski definition) is 4. The molecule has 1 aromatic carbocycles. The normalized spacial score (nSPS) is 10.4. The molecule has 5 nitrogen and oxygen atoms in total. The van der Waals surface area contributed by atoms with Crippen LogP contribution in [0.25, 0.3) is 0 Å². The molecule has 2 aromatic rings. The van der Waals surface area contributed by atoms with Crippen LogP contribution in [-0.4, -0.2) is 33.9 Å². The van der Waals surface area contributed by atoms with E-state index in [1.165, 1.54) is 12.4 Å². The lowest BCUT2D eigenvalue weighted by atomic mass is 10.3. The van der Waals surface area contributed by atoms with Gasteiger partial charge in [-0.1, -0.05) is 23.2 Å². The quantitative estimate of drug-likeness (QED) is 0.894. The van der Waals surface area contributed by atoms with E-state index in [1.54, 1.807) is 23.1 Å². The minimum atomic E-state index is -0.126. The lowest BCUT2D eigenvalue weighted by Crippen LogP contribution is -2.31. The van der Waals surface area contributed by atoms with Gasteiger partial charge in [0.25, 0.3) is 5.91 Å². The molecule has 1 heterocycles. The van der Waals surface area contributed by atoms with Crippen molar-refractivity contribution < 1.29 is 4.79 Å². The standard InChI is InChI=1S/C15H16Cl2N4O/c1-3-21(4-2)15(22)13-8-19-14(9-18-13)20-10-5-6-11(16)12(17)7-10/h5-9H,3-4H2,1-2H3,(H,19,20). The Morgan fingerprint density at radius 3 is 2.41 bits per heavy atom. The van der Waals surface area contributed by atoms with E-state index in [4.69, 9.17) is 23.2 Å². The van der Waals surface area contributed by atoms with Gasteiger partial charge in [-0.25, -0.2) is 9.97 Å². The number of halogens is 2. The van der Waals surface area contributed by atoms with Gasteiger partial charge in [-0.2, -0.15) is 0 Å². The topological polar surface area (TPSA) is 58.1 Å². The fourth-order valence-electron chi connectivity index (χ4n) is 1.90. The first-order valence-corrected chi connectivity index (χ1v) is 7.64. The highest BCUT2D eigenvalue weighted by molar-refractivity contribution is 6.42.